The van der Waals surface area contributed by atoms with Gasteiger partial charge >= 0.3 is 0 Å². The highest BCUT2D eigenvalue weighted by Crippen LogP contribution is 2.14. The average Bonchev–Trinajstić information content (AvgIpc) is 2.11. The van der Waals surface area contributed by atoms with Gasteiger partial charge in [-0.3, -0.25) is 0 Å². The molecule has 1 nitrogen and oxygen atoms in total. The van der Waals surface area contributed by atoms with E-state index < -0.39 is 0 Å². The first kappa shape index (κ1) is 10.3. The molecule has 0 unspecified atom stereocenters. The van der Waals surface area contributed by atoms with Crippen LogP contribution in [0, 0.1) is 18.8 Å². The molecule has 0 aliphatic rings. The van der Waals surface area contributed by atoms with Gasteiger partial charge in [0.15, 0.2) is 0 Å². The van der Waals surface area contributed by atoms with Crippen LogP contribution in [0.3, 0.4) is 0 Å². The third-order valence-corrected chi connectivity index (χ3v) is 2.15. The summed E-state index contributed by atoms with van der Waals surface area (Å²) in [5.74, 6) is 5.91. The molecule has 1 aromatic rings. The Labute approximate surface area is 86.9 Å². The lowest BCUT2D eigenvalue weighted by Gasteiger charge is -1.97. The number of halogens is 1. The Bertz CT molecular complexity index is 347. The van der Waals surface area contributed by atoms with E-state index in [1.54, 1.807) is 0 Å². The van der Waals surface area contributed by atoms with Crippen LogP contribution in [0.1, 0.15) is 17.5 Å². The molecular weight excluding hydrogens is 228 g/mol. The molecule has 0 saturated carbocycles. The van der Waals surface area contributed by atoms with Crippen molar-refractivity contribution in [1.29, 1.82) is 0 Å². The Morgan fingerprint density at radius 3 is 2.92 bits per heavy atom. The fraction of sp³-hybridized carbons (Fsp3) is 0.273. The first-order chi connectivity index (χ1) is 6.24. The normalized spacial score (nSPS) is 9.15. The van der Waals surface area contributed by atoms with E-state index >= 15 is 0 Å². The van der Waals surface area contributed by atoms with Crippen LogP contribution < -0.4 is 0 Å². The summed E-state index contributed by atoms with van der Waals surface area (Å²) in [5.41, 5.74) is 2.18. The summed E-state index contributed by atoms with van der Waals surface area (Å²) >= 11 is 3.39. The van der Waals surface area contributed by atoms with E-state index in [0.29, 0.717) is 6.42 Å². The fourth-order valence-electron chi connectivity index (χ4n) is 0.943. The maximum atomic E-state index is 8.56. The molecule has 0 aliphatic heterocycles. The van der Waals surface area contributed by atoms with Crippen LogP contribution in [0.4, 0.5) is 0 Å². The summed E-state index contributed by atoms with van der Waals surface area (Å²) in [7, 11) is 0. The van der Waals surface area contributed by atoms with Crippen LogP contribution >= 0.6 is 15.9 Å². The van der Waals surface area contributed by atoms with Crippen LogP contribution in [0.5, 0.6) is 0 Å². The summed E-state index contributed by atoms with van der Waals surface area (Å²) in [6.45, 7) is 2.15. The summed E-state index contributed by atoms with van der Waals surface area (Å²) < 4.78 is 1.03. The van der Waals surface area contributed by atoms with Crippen molar-refractivity contribution in [2.45, 2.75) is 13.3 Å². The second-order valence-corrected chi connectivity index (χ2v) is 3.65. The molecule has 0 heterocycles. The van der Waals surface area contributed by atoms with Crippen LogP contribution in [-0.4, -0.2) is 11.7 Å². The largest absolute Gasteiger partial charge is 0.395 e. The van der Waals surface area contributed by atoms with Gasteiger partial charge in [0.1, 0.15) is 0 Å². The monoisotopic (exact) mass is 238 g/mol. The Morgan fingerprint density at radius 2 is 2.23 bits per heavy atom. The summed E-state index contributed by atoms with van der Waals surface area (Å²) in [6.07, 6.45) is 0.534. The predicted molar refractivity (Wildman–Crippen MR) is 57.5 cm³/mol. The third kappa shape index (κ3) is 3.22. The van der Waals surface area contributed by atoms with E-state index in [2.05, 4.69) is 27.8 Å². The zero-order chi connectivity index (χ0) is 9.68. The van der Waals surface area contributed by atoms with Crippen LogP contribution in [0.2, 0.25) is 0 Å². The van der Waals surface area contributed by atoms with Crippen molar-refractivity contribution in [2.24, 2.45) is 0 Å². The lowest BCUT2D eigenvalue weighted by Crippen LogP contribution is -1.82. The highest BCUT2D eigenvalue weighted by molar-refractivity contribution is 9.10. The Kier molecular flexibility index (Phi) is 4.01. The zero-order valence-corrected chi connectivity index (χ0v) is 9.06. The summed E-state index contributed by atoms with van der Waals surface area (Å²) in [4.78, 5) is 0. The minimum Gasteiger partial charge on any atom is -0.395 e. The molecule has 1 N–H and O–H groups in total. The lowest BCUT2D eigenvalue weighted by molar-refractivity contribution is 0.305. The van der Waals surface area contributed by atoms with E-state index in [1.807, 2.05) is 25.1 Å². The number of hydrogen-bond acceptors (Lipinski definition) is 1. The number of aliphatic hydroxyl groups excluding tert-OH is 1. The van der Waals surface area contributed by atoms with Gasteiger partial charge in [-0.25, -0.2) is 0 Å². The minimum absolute atomic E-state index is 0.125. The van der Waals surface area contributed by atoms with Gasteiger partial charge in [-0.1, -0.05) is 33.8 Å². The summed E-state index contributed by atoms with van der Waals surface area (Å²) in [5, 5.41) is 8.56. The molecule has 13 heavy (non-hydrogen) atoms. The van der Waals surface area contributed by atoms with Crippen molar-refractivity contribution in [3.05, 3.63) is 33.8 Å². The molecule has 1 rings (SSSR count). The SMILES string of the molecule is Cc1ccc(Br)cc1C#CCCO. The van der Waals surface area contributed by atoms with E-state index in [-0.39, 0.29) is 6.61 Å². The number of rotatable bonds is 1. The van der Waals surface area contributed by atoms with Crippen molar-refractivity contribution in [3.63, 3.8) is 0 Å². The van der Waals surface area contributed by atoms with E-state index in [4.69, 9.17) is 5.11 Å². The number of benzene rings is 1. The minimum atomic E-state index is 0.125. The van der Waals surface area contributed by atoms with Gasteiger partial charge in [0.25, 0.3) is 0 Å². The lowest BCUT2D eigenvalue weighted by atomic mass is 10.1. The quantitative estimate of drug-likeness (QED) is 0.746. The fourth-order valence-corrected chi connectivity index (χ4v) is 1.30. The molecule has 68 valence electrons. The molecule has 2 heteroatoms. The Hall–Kier alpha value is -0.780. The maximum absolute atomic E-state index is 8.56. The molecule has 0 amide bonds. The molecule has 0 saturated heterocycles. The molecule has 0 aromatic heterocycles. The van der Waals surface area contributed by atoms with E-state index in [9.17, 15) is 0 Å². The smallest absolute Gasteiger partial charge is 0.0540 e. The van der Waals surface area contributed by atoms with Gasteiger partial charge in [0, 0.05) is 16.5 Å². The molecule has 0 bridgehead atoms. The average molecular weight is 239 g/mol. The molecule has 0 aliphatic carbocycles. The number of hydrogen-bond donors (Lipinski definition) is 1. The Balaban J connectivity index is 2.89. The van der Waals surface area contributed by atoms with Crippen molar-refractivity contribution in [3.8, 4) is 11.8 Å². The van der Waals surface area contributed by atoms with Gasteiger partial charge in [0.2, 0.25) is 0 Å². The van der Waals surface area contributed by atoms with E-state index in [0.717, 1.165) is 15.6 Å². The zero-order valence-electron chi connectivity index (χ0n) is 7.47. The van der Waals surface area contributed by atoms with Gasteiger partial charge in [0.05, 0.1) is 6.61 Å². The van der Waals surface area contributed by atoms with E-state index in [1.165, 1.54) is 0 Å². The van der Waals surface area contributed by atoms with Crippen LogP contribution in [-0.2, 0) is 0 Å². The van der Waals surface area contributed by atoms with Gasteiger partial charge in [-0.2, -0.15) is 0 Å². The molecule has 0 radical (unpaired) electrons. The molecule has 0 fully saturated rings. The van der Waals surface area contributed by atoms with Gasteiger partial charge in [-0.05, 0) is 24.6 Å². The number of aliphatic hydroxyl groups is 1. The van der Waals surface area contributed by atoms with Crippen molar-refractivity contribution in [2.75, 3.05) is 6.61 Å². The molecule has 0 atom stereocenters. The topological polar surface area (TPSA) is 20.2 Å². The van der Waals surface area contributed by atoms with Gasteiger partial charge < -0.3 is 5.11 Å². The van der Waals surface area contributed by atoms with Gasteiger partial charge in [-0.15, -0.1) is 0 Å². The first-order valence-corrected chi connectivity index (χ1v) is 4.89. The highest BCUT2D eigenvalue weighted by atomic mass is 79.9. The third-order valence-electron chi connectivity index (χ3n) is 1.66. The first-order valence-electron chi connectivity index (χ1n) is 4.10. The second-order valence-electron chi connectivity index (χ2n) is 2.73. The predicted octanol–water partition coefficient (Wildman–Crippen LogP) is 2.49. The van der Waals surface area contributed by atoms with Crippen molar-refractivity contribution in [1.82, 2.24) is 0 Å². The summed E-state index contributed by atoms with van der Waals surface area (Å²) in [6, 6.07) is 6.00. The molecular formula is C11H11BrO. The standard InChI is InChI=1S/C11H11BrO/c1-9-5-6-11(12)8-10(9)4-2-3-7-13/h5-6,8,13H,3,7H2,1H3. The number of aryl methyl sites for hydroxylation is 1. The highest BCUT2D eigenvalue weighted by Gasteiger charge is 1.94. The molecule has 0 spiro atoms. The maximum Gasteiger partial charge on any atom is 0.0540 e. The van der Waals surface area contributed by atoms with Crippen LogP contribution in [0.15, 0.2) is 22.7 Å². The van der Waals surface area contributed by atoms with Crippen LogP contribution in [0.25, 0.3) is 0 Å². The second kappa shape index (κ2) is 5.06. The Morgan fingerprint density at radius 1 is 1.46 bits per heavy atom. The molecule has 1 aromatic carbocycles. The van der Waals surface area contributed by atoms with Crippen molar-refractivity contribution < 1.29 is 5.11 Å². The van der Waals surface area contributed by atoms with Crippen molar-refractivity contribution >= 4 is 15.9 Å².